The number of halogens is 2. The van der Waals surface area contributed by atoms with Crippen molar-refractivity contribution >= 4 is 46.6 Å². The number of amides is 1. The van der Waals surface area contributed by atoms with Crippen molar-refractivity contribution < 1.29 is 19.2 Å². The van der Waals surface area contributed by atoms with Crippen molar-refractivity contribution in [3.05, 3.63) is 61.6 Å². The average molecular weight is 406 g/mol. The highest BCUT2D eigenvalue weighted by molar-refractivity contribution is 6.40. The van der Waals surface area contributed by atoms with Gasteiger partial charge in [-0.3, -0.25) is 14.9 Å². The van der Waals surface area contributed by atoms with E-state index in [1.54, 1.807) is 24.3 Å². The van der Waals surface area contributed by atoms with Crippen LogP contribution in [0.15, 0.2) is 35.9 Å². The van der Waals surface area contributed by atoms with Crippen LogP contribution in [0, 0.1) is 21.4 Å². The summed E-state index contributed by atoms with van der Waals surface area (Å²) >= 11 is 11.9. The number of benzene rings is 2. The lowest BCUT2D eigenvalue weighted by Crippen LogP contribution is -2.14. The summed E-state index contributed by atoms with van der Waals surface area (Å²) < 4.78 is 10.4. The molecule has 10 heteroatoms. The fraction of sp³-hybridized carbons (Fsp3) is 0.0588. The van der Waals surface area contributed by atoms with Crippen molar-refractivity contribution in [1.82, 2.24) is 0 Å². The third kappa shape index (κ3) is 3.95. The monoisotopic (exact) mass is 405 g/mol. The lowest BCUT2D eigenvalue weighted by atomic mass is 10.1. The molecule has 1 amide bonds. The quantitative estimate of drug-likeness (QED) is 0.353. The zero-order chi connectivity index (χ0) is 19.6. The molecule has 1 N–H and O–H groups in total. The largest absolute Gasteiger partial charge is 0.454 e. The molecule has 0 atom stereocenters. The fourth-order valence-corrected chi connectivity index (χ4v) is 2.85. The predicted molar refractivity (Wildman–Crippen MR) is 97.9 cm³/mol. The number of non-ortho nitro benzene ring substituents is 1. The number of nitrogens with zero attached hydrogens (tertiary/aromatic N) is 2. The predicted octanol–water partition coefficient (Wildman–Crippen LogP) is 4.18. The van der Waals surface area contributed by atoms with Crippen LogP contribution >= 0.6 is 23.2 Å². The first-order valence-corrected chi connectivity index (χ1v) is 8.11. The highest BCUT2D eigenvalue weighted by Gasteiger charge is 2.19. The fourth-order valence-electron chi connectivity index (χ4n) is 2.28. The van der Waals surface area contributed by atoms with Gasteiger partial charge in [0.2, 0.25) is 6.79 Å². The highest BCUT2D eigenvalue weighted by atomic mass is 35.5. The number of nitro groups is 1. The van der Waals surface area contributed by atoms with Crippen LogP contribution in [-0.2, 0) is 4.79 Å². The van der Waals surface area contributed by atoms with Gasteiger partial charge in [0.05, 0.1) is 20.7 Å². The van der Waals surface area contributed by atoms with Crippen LogP contribution in [0.1, 0.15) is 5.56 Å². The topological polar surface area (TPSA) is 114 Å². The molecule has 0 unspecified atom stereocenters. The SMILES string of the molecule is N#C/C(=C\c1ccc2c(c1)OCO2)C(=O)Nc1c(Cl)cc([N+](=O)[O-])cc1Cl. The number of anilines is 1. The van der Waals surface area contributed by atoms with Gasteiger partial charge < -0.3 is 14.8 Å². The van der Waals surface area contributed by atoms with E-state index in [9.17, 15) is 20.2 Å². The van der Waals surface area contributed by atoms with Gasteiger partial charge in [0.1, 0.15) is 11.6 Å². The number of nitriles is 1. The van der Waals surface area contributed by atoms with Gasteiger partial charge >= 0.3 is 0 Å². The lowest BCUT2D eigenvalue weighted by molar-refractivity contribution is -0.384. The molecule has 1 aliphatic rings. The maximum absolute atomic E-state index is 12.4. The van der Waals surface area contributed by atoms with Gasteiger partial charge in [-0.15, -0.1) is 0 Å². The second kappa shape index (κ2) is 7.53. The van der Waals surface area contributed by atoms with Crippen LogP contribution in [0.25, 0.3) is 6.08 Å². The summed E-state index contributed by atoms with van der Waals surface area (Å²) in [4.78, 5) is 22.5. The number of fused-ring (bicyclic) bond motifs is 1. The number of nitro benzene ring substituents is 1. The molecule has 2 aromatic carbocycles. The molecule has 3 rings (SSSR count). The van der Waals surface area contributed by atoms with Crippen molar-refractivity contribution in [2.24, 2.45) is 0 Å². The van der Waals surface area contributed by atoms with E-state index in [0.29, 0.717) is 17.1 Å². The lowest BCUT2D eigenvalue weighted by Gasteiger charge is -2.09. The summed E-state index contributed by atoms with van der Waals surface area (Å²) in [5.74, 6) is 0.301. The van der Waals surface area contributed by atoms with Crippen molar-refractivity contribution in [2.75, 3.05) is 12.1 Å². The van der Waals surface area contributed by atoms with E-state index in [2.05, 4.69) is 5.32 Å². The Morgan fingerprint density at radius 3 is 2.52 bits per heavy atom. The van der Waals surface area contributed by atoms with E-state index in [4.69, 9.17) is 32.7 Å². The molecule has 0 aliphatic carbocycles. The molecule has 0 radical (unpaired) electrons. The van der Waals surface area contributed by atoms with E-state index < -0.39 is 10.8 Å². The number of hydrogen-bond donors (Lipinski definition) is 1. The van der Waals surface area contributed by atoms with Gasteiger partial charge in [0.25, 0.3) is 11.6 Å². The first-order chi connectivity index (χ1) is 12.9. The summed E-state index contributed by atoms with van der Waals surface area (Å²) in [7, 11) is 0. The van der Waals surface area contributed by atoms with Crippen LogP contribution in [0.4, 0.5) is 11.4 Å². The van der Waals surface area contributed by atoms with Crippen molar-refractivity contribution in [2.45, 2.75) is 0 Å². The third-order valence-corrected chi connectivity index (χ3v) is 4.15. The molecule has 0 bridgehead atoms. The Morgan fingerprint density at radius 1 is 1.22 bits per heavy atom. The van der Waals surface area contributed by atoms with Crippen LogP contribution in [0.3, 0.4) is 0 Å². The zero-order valence-electron chi connectivity index (χ0n) is 13.4. The second-order valence-corrected chi connectivity index (χ2v) is 6.09. The Morgan fingerprint density at radius 2 is 1.89 bits per heavy atom. The van der Waals surface area contributed by atoms with E-state index in [1.165, 1.54) is 6.08 Å². The minimum Gasteiger partial charge on any atom is -0.454 e. The van der Waals surface area contributed by atoms with Crippen LogP contribution in [0.5, 0.6) is 11.5 Å². The van der Waals surface area contributed by atoms with Crippen molar-refractivity contribution in [1.29, 1.82) is 5.26 Å². The van der Waals surface area contributed by atoms with Gasteiger partial charge in [-0.05, 0) is 23.8 Å². The number of rotatable bonds is 4. The Balaban J connectivity index is 1.86. The number of nitrogens with one attached hydrogen (secondary N) is 1. The molecule has 0 aromatic heterocycles. The number of hydrogen-bond acceptors (Lipinski definition) is 6. The number of carbonyl (C=O) groups is 1. The smallest absolute Gasteiger partial charge is 0.272 e. The summed E-state index contributed by atoms with van der Waals surface area (Å²) in [5.41, 5.74) is -0.0219. The van der Waals surface area contributed by atoms with Crippen LogP contribution in [-0.4, -0.2) is 17.6 Å². The van der Waals surface area contributed by atoms with Gasteiger partial charge in [0.15, 0.2) is 11.5 Å². The molecule has 0 saturated carbocycles. The Hall–Kier alpha value is -3.28. The average Bonchev–Trinajstić information content (AvgIpc) is 3.09. The van der Waals surface area contributed by atoms with Crippen LogP contribution < -0.4 is 14.8 Å². The van der Waals surface area contributed by atoms with E-state index in [0.717, 1.165) is 12.1 Å². The van der Waals surface area contributed by atoms with Gasteiger partial charge in [-0.1, -0.05) is 29.3 Å². The Bertz CT molecular complexity index is 1010. The van der Waals surface area contributed by atoms with Gasteiger partial charge in [0, 0.05) is 12.1 Å². The molecule has 1 aliphatic heterocycles. The molecule has 136 valence electrons. The molecule has 8 nitrogen and oxygen atoms in total. The Kier molecular flexibility index (Phi) is 5.16. The molecule has 0 spiro atoms. The first-order valence-electron chi connectivity index (χ1n) is 7.35. The van der Waals surface area contributed by atoms with E-state index in [1.807, 2.05) is 0 Å². The summed E-state index contributed by atoms with van der Waals surface area (Å²) in [5, 5.41) is 22.3. The molecular formula is C17H9Cl2N3O5. The molecular weight excluding hydrogens is 397 g/mol. The minimum absolute atomic E-state index is 0.0271. The first kappa shape index (κ1) is 18.5. The zero-order valence-corrected chi connectivity index (χ0v) is 14.9. The number of ether oxygens (including phenoxy) is 2. The minimum atomic E-state index is -0.771. The maximum atomic E-state index is 12.4. The highest BCUT2D eigenvalue weighted by Crippen LogP contribution is 2.35. The van der Waals surface area contributed by atoms with Crippen molar-refractivity contribution in [3.63, 3.8) is 0 Å². The molecule has 0 fully saturated rings. The van der Waals surface area contributed by atoms with Gasteiger partial charge in [-0.25, -0.2) is 0 Å². The second-order valence-electron chi connectivity index (χ2n) is 5.28. The molecule has 0 saturated heterocycles. The summed E-state index contributed by atoms with van der Waals surface area (Å²) in [6, 6.07) is 8.83. The van der Waals surface area contributed by atoms with Crippen LogP contribution in [0.2, 0.25) is 10.0 Å². The number of carbonyl (C=O) groups excluding carboxylic acids is 1. The summed E-state index contributed by atoms with van der Waals surface area (Å²) in [6.45, 7) is 0.102. The van der Waals surface area contributed by atoms with E-state index in [-0.39, 0.29) is 33.8 Å². The molecule has 27 heavy (non-hydrogen) atoms. The standard InChI is InChI=1S/C17H9Cl2N3O5/c18-12-5-11(22(24)25)6-13(19)16(12)21-17(23)10(7-20)3-9-1-2-14-15(4-9)27-8-26-14/h1-6H,8H2,(H,21,23)/b10-3+. The molecule has 1 heterocycles. The van der Waals surface area contributed by atoms with Gasteiger partial charge in [-0.2, -0.15) is 5.26 Å². The van der Waals surface area contributed by atoms with Crippen molar-refractivity contribution in [3.8, 4) is 17.6 Å². The molecule has 2 aromatic rings. The Labute approximate surface area is 162 Å². The maximum Gasteiger partial charge on any atom is 0.272 e. The summed E-state index contributed by atoms with van der Waals surface area (Å²) in [6.07, 6.45) is 1.35. The van der Waals surface area contributed by atoms with E-state index >= 15 is 0 Å². The normalized spacial score (nSPS) is 12.4. The third-order valence-electron chi connectivity index (χ3n) is 3.55.